The number of ether oxygens (including phenoxy) is 1. The van der Waals surface area contributed by atoms with Crippen molar-refractivity contribution in [2.75, 3.05) is 12.4 Å². The van der Waals surface area contributed by atoms with Gasteiger partial charge in [0.15, 0.2) is 0 Å². The minimum atomic E-state index is -0.117. The molecule has 1 amide bonds. The van der Waals surface area contributed by atoms with Gasteiger partial charge < -0.3 is 10.1 Å². The second-order valence-electron chi connectivity index (χ2n) is 3.28. The van der Waals surface area contributed by atoms with Crippen molar-refractivity contribution in [2.24, 2.45) is 0 Å². The van der Waals surface area contributed by atoms with Crippen LogP contribution in [0.1, 0.15) is 9.67 Å². The summed E-state index contributed by atoms with van der Waals surface area (Å²) in [7, 11) is 1.59. The number of hydrogen-bond donors (Lipinski definition) is 1. The van der Waals surface area contributed by atoms with Gasteiger partial charge in [0.25, 0.3) is 5.91 Å². The van der Waals surface area contributed by atoms with Crippen LogP contribution in [0.2, 0.25) is 0 Å². The Morgan fingerprint density at radius 1 is 1.41 bits per heavy atom. The molecule has 0 spiro atoms. The lowest BCUT2D eigenvalue weighted by Crippen LogP contribution is -2.10. The summed E-state index contributed by atoms with van der Waals surface area (Å²) in [4.78, 5) is 12.5. The first-order valence-electron chi connectivity index (χ1n) is 4.89. The molecule has 88 valence electrons. The van der Waals surface area contributed by atoms with Crippen LogP contribution in [0.4, 0.5) is 5.69 Å². The Morgan fingerprint density at radius 3 is 2.88 bits per heavy atom. The summed E-state index contributed by atoms with van der Waals surface area (Å²) in [5.74, 6) is 0.587. The number of carbonyl (C=O) groups is 1. The zero-order valence-corrected chi connectivity index (χ0v) is 11.5. The molecule has 0 saturated heterocycles. The van der Waals surface area contributed by atoms with Gasteiger partial charge in [-0.2, -0.15) is 0 Å². The molecule has 1 aromatic heterocycles. The van der Waals surface area contributed by atoms with Gasteiger partial charge in [-0.25, -0.2) is 0 Å². The van der Waals surface area contributed by atoms with E-state index < -0.39 is 0 Å². The summed E-state index contributed by atoms with van der Waals surface area (Å²) in [5.41, 5.74) is 0.697. The van der Waals surface area contributed by atoms with Gasteiger partial charge in [-0.1, -0.05) is 6.07 Å². The number of carbonyl (C=O) groups excluding carboxylic acids is 1. The van der Waals surface area contributed by atoms with Crippen LogP contribution in [0.25, 0.3) is 0 Å². The van der Waals surface area contributed by atoms with E-state index in [4.69, 9.17) is 4.74 Å². The fraction of sp³-hybridized carbons (Fsp3) is 0.0833. The normalized spacial score (nSPS) is 10.0. The average molecular weight is 312 g/mol. The molecule has 5 heteroatoms. The van der Waals surface area contributed by atoms with Crippen LogP contribution in [0.15, 0.2) is 40.2 Å². The molecule has 2 rings (SSSR count). The fourth-order valence-electron chi connectivity index (χ4n) is 1.32. The van der Waals surface area contributed by atoms with Gasteiger partial charge in [-0.3, -0.25) is 4.79 Å². The highest BCUT2D eigenvalue weighted by molar-refractivity contribution is 9.10. The molecule has 0 aliphatic carbocycles. The Morgan fingerprint density at radius 2 is 2.24 bits per heavy atom. The van der Waals surface area contributed by atoms with Crippen molar-refractivity contribution >= 4 is 38.9 Å². The van der Waals surface area contributed by atoms with Gasteiger partial charge in [0, 0.05) is 10.5 Å². The molecule has 0 radical (unpaired) electrons. The summed E-state index contributed by atoms with van der Waals surface area (Å²) < 4.78 is 5.94. The Kier molecular flexibility index (Phi) is 3.81. The van der Waals surface area contributed by atoms with Crippen molar-refractivity contribution in [1.29, 1.82) is 0 Å². The first-order chi connectivity index (χ1) is 8.20. The van der Waals surface area contributed by atoms with E-state index in [1.54, 1.807) is 19.2 Å². The van der Waals surface area contributed by atoms with Crippen LogP contribution in [-0.2, 0) is 0 Å². The first kappa shape index (κ1) is 12.1. The Bertz CT molecular complexity index is 525. The van der Waals surface area contributed by atoms with Crippen molar-refractivity contribution in [3.63, 3.8) is 0 Å². The first-order valence-corrected chi connectivity index (χ1v) is 6.56. The summed E-state index contributed by atoms with van der Waals surface area (Å²) in [6.45, 7) is 0. The van der Waals surface area contributed by atoms with Gasteiger partial charge >= 0.3 is 0 Å². The third-order valence-corrected chi connectivity index (χ3v) is 3.73. The Balaban J connectivity index is 2.21. The van der Waals surface area contributed by atoms with Gasteiger partial charge in [-0.15, -0.1) is 11.3 Å². The molecule has 0 fully saturated rings. The number of nitrogens with one attached hydrogen (secondary N) is 1. The zero-order valence-electron chi connectivity index (χ0n) is 9.07. The van der Waals surface area contributed by atoms with Gasteiger partial charge in [0.1, 0.15) is 5.75 Å². The van der Waals surface area contributed by atoms with E-state index in [2.05, 4.69) is 21.2 Å². The van der Waals surface area contributed by atoms with E-state index in [1.165, 1.54) is 11.3 Å². The second-order valence-corrected chi connectivity index (χ2v) is 5.08. The van der Waals surface area contributed by atoms with Crippen LogP contribution in [0.5, 0.6) is 5.75 Å². The number of methoxy groups -OCH3 is 1. The predicted molar refractivity (Wildman–Crippen MR) is 73.0 cm³/mol. The molecule has 17 heavy (non-hydrogen) atoms. The number of hydrogen-bond acceptors (Lipinski definition) is 3. The smallest absolute Gasteiger partial charge is 0.265 e. The quantitative estimate of drug-likeness (QED) is 0.937. The molecule has 2 aromatic rings. The summed E-state index contributed by atoms with van der Waals surface area (Å²) >= 11 is 4.79. The van der Waals surface area contributed by atoms with Crippen LogP contribution in [-0.4, -0.2) is 13.0 Å². The predicted octanol–water partition coefficient (Wildman–Crippen LogP) is 3.77. The summed E-state index contributed by atoms with van der Waals surface area (Å²) in [5, 5.41) is 4.70. The number of amides is 1. The van der Waals surface area contributed by atoms with Crippen LogP contribution < -0.4 is 10.1 Å². The molecule has 3 nitrogen and oxygen atoms in total. The fourth-order valence-corrected chi connectivity index (χ4v) is 2.28. The highest BCUT2D eigenvalue weighted by atomic mass is 79.9. The number of thiophene rings is 1. The van der Waals surface area contributed by atoms with Crippen molar-refractivity contribution in [1.82, 2.24) is 0 Å². The molecule has 0 aliphatic rings. The van der Waals surface area contributed by atoms with Crippen LogP contribution in [0.3, 0.4) is 0 Å². The van der Waals surface area contributed by atoms with Crippen molar-refractivity contribution < 1.29 is 9.53 Å². The third kappa shape index (κ3) is 2.87. The minimum Gasteiger partial charge on any atom is -0.497 e. The van der Waals surface area contributed by atoms with Crippen molar-refractivity contribution in [3.8, 4) is 5.75 Å². The molecule has 1 N–H and O–H groups in total. The molecule has 0 saturated carbocycles. The van der Waals surface area contributed by atoms with E-state index in [9.17, 15) is 4.79 Å². The molecule has 1 aromatic carbocycles. The topological polar surface area (TPSA) is 38.3 Å². The minimum absolute atomic E-state index is 0.117. The molecule has 0 aliphatic heterocycles. The molecule has 0 bridgehead atoms. The van der Waals surface area contributed by atoms with Gasteiger partial charge in [0.05, 0.1) is 17.7 Å². The van der Waals surface area contributed by atoms with Crippen molar-refractivity contribution in [2.45, 2.75) is 0 Å². The van der Waals surface area contributed by atoms with E-state index in [0.29, 0.717) is 16.3 Å². The maximum atomic E-state index is 11.9. The second kappa shape index (κ2) is 5.33. The maximum Gasteiger partial charge on any atom is 0.265 e. The highest BCUT2D eigenvalue weighted by Gasteiger charge is 2.09. The molecular weight excluding hydrogens is 302 g/mol. The molecular formula is C12H10BrNO2S. The van der Waals surface area contributed by atoms with E-state index in [0.717, 1.165) is 4.47 Å². The van der Waals surface area contributed by atoms with E-state index in [1.807, 2.05) is 23.6 Å². The Labute approximate surface area is 112 Å². The largest absolute Gasteiger partial charge is 0.497 e. The number of halogens is 1. The van der Waals surface area contributed by atoms with Crippen molar-refractivity contribution in [3.05, 3.63) is 45.1 Å². The average Bonchev–Trinajstić information content (AvgIpc) is 2.85. The van der Waals surface area contributed by atoms with Crippen LogP contribution >= 0.6 is 27.3 Å². The lowest BCUT2D eigenvalue weighted by molar-refractivity contribution is 0.103. The molecule has 0 atom stereocenters. The van der Waals surface area contributed by atoms with Gasteiger partial charge in [0.2, 0.25) is 0 Å². The SMILES string of the molecule is COc1ccc(Br)c(NC(=O)c2cccs2)c1. The number of anilines is 1. The molecule has 1 heterocycles. The number of benzene rings is 1. The molecule has 0 unspecified atom stereocenters. The summed E-state index contributed by atoms with van der Waals surface area (Å²) in [6.07, 6.45) is 0. The third-order valence-electron chi connectivity index (χ3n) is 2.17. The van der Waals surface area contributed by atoms with E-state index in [-0.39, 0.29) is 5.91 Å². The lowest BCUT2D eigenvalue weighted by atomic mass is 10.3. The maximum absolute atomic E-state index is 11.9. The standard InChI is InChI=1S/C12H10BrNO2S/c1-16-8-4-5-9(13)10(7-8)14-12(15)11-3-2-6-17-11/h2-7H,1H3,(H,14,15). The lowest BCUT2D eigenvalue weighted by Gasteiger charge is -2.08. The number of rotatable bonds is 3. The highest BCUT2D eigenvalue weighted by Crippen LogP contribution is 2.27. The van der Waals surface area contributed by atoms with Gasteiger partial charge in [-0.05, 0) is 39.5 Å². The van der Waals surface area contributed by atoms with E-state index >= 15 is 0 Å². The summed E-state index contributed by atoms with van der Waals surface area (Å²) in [6, 6.07) is 9.07. The zero-order chi connectivity index (χ0) is 12.3. The van der Waals surface area contributed by atoms with Crippen LogP contribution in [0, 0.1) is 0 Å². The Hall–Kier alpha value is -1.33. The monoisotopic (exact) mass is 311 g/mol.